The lowest BCUT2D eigenvalue weighted by Crippen LogP contribution is -2.43. The number of benzene rings is 2. The first kappa shape index (κ1) is 20.3. The number of nitrogens with one attached hydrogen (secondary N) is 1. The van der Waals surface area contributed by atoms with Crippen LogP contribution in [-0.4, -0.2) is 32.6 Å². The van der Waals surface area contributed by atoms with Crippen molar-refractivity contribution in [1.29, 1.82) is 0 Å². The van der Waals surface area contributed by atoms with Gasteiger partial charge in [0.2, 0.25) is 11.8 Å². The second-order valence-electron chi connectivity index (χ2n) is 7.96. The molecule has 30 heavy (non-hydrogen) atoms. The van der Waals surface area contributed by atoms with Crippen LogP contribution in [0.5, 0.6) is 11.5 Å². The van der Waals surface area contributed by atoms with Crippen LogP contribution in [-0.2, 0) is 16.0 Å². The van der Waals surface area contributed by atoms with Crippen molar-refractivity contribution in [3.63, 3.8) is 0 Å². The lowest BCUT2D eigenvalue weighted by atomic mass is 9.77. The number of carbonyl (C=O) groups excluding carboxylic acids is 2. The molecule has 1 aliphatic heterocycles. The second kappa shape index (κ2) is 8.78. The van der Waals surface area contributed by atoms with Crippen molar-refractivity contribution in [1.82, 2.24) is 0 Å². The summed E-state index contributed by atoms with van der Waals surface area (Å²) in [7, 11) is 3.15. The van der Waals surface area contributed by atoms with Gasteiger partial charge < -0.3 is 19.7 Å². The number of ether oxygens (including phenoxy) is 2. The van der Waals surface area contributed by atoms with Crippen LogP contribution >= 0.6 is 0 Å². The summed E-state index contributed by atoms with van der Waals surface area (Å²) in [6.45, 7) is 0.691. The van der Waals surface area contributed by atoms with E-state index in [1.807, 2.05) is 23.1 Å². The highest BCUT2D eigenvalue weighted by Gasteiger charge is 2.39. The van der Waals surface area contributed by atoms with Crippen LogP contribution in [0.4, 0.5) is 11.4 Å². The zero-order chi connectivity index (χ0) is 21.1. The average molecular weight is 408 g/mol. The molecule has 1 aliphatic carbocycles. The Morgan fingerprint density at radius 3 is 2.33 bits per heavy atom. The molecule has 2 atom stereocenters. The number of nitrogens with zero attached hydrogens (tertiary/aromatic N) is 1. The summed E-state index contributed by atoms with van der Waals surface area (Å²) < 4.78 is 10.6. The number of rotatable bonds is 5. The molecule has 0 aromatic heterocycles. The van der Waals surface area contributed by atoms with Crippen molar-refractivity contribution >= 4 is 23.2 Å². The standard InChI is InChI=1S/C24H28N2O4/c1-29-18-13-17(14-19(15-18)30-2)25-23(27)20-8-4-5-9-21(20)24(28)26-12-11-16-7-3-6-10-22(16)26/h3,6-7,10,13-15,20-21H,4-5,8-9,11-12H2,1-2H3,(H,25,27). The molecule has 2 aliphatic rings. The first-order valence-electron chi connectivity index (χ1n) is 10.5. The lowest BCUT2D eigenvalue weighted by molar-refractivity contribution is -0.132. The van der Waals surface area contributed by atoms with Gasteiger partial charge in [-0.15, -0.1) is 0 Å². The number of carbonyl (C=O) groups is 2. The highest BCUT2D eigenvalue weighted by Crippen LogP contribution is 2.36. The van der Waals surface area contributed by atoms with Gasteiger partial charge in [-0.2, -0.15) is 0 Å². The fourth-order valence-corrected chi connectivity index (χ4v) is 4.62. The first-order chi connectivity index (χ1) is 14.6. The number of amides is 2. The van der Waals surface area contributed by atoms with Gasteiger partial charge in [0.05, 0.1) is 20.1 Å². The quantitative estimate of drug-likeness (QED) is 0.811. The van der Waals surface area contributed by atoms with Crippen molar-refractivity contribution in [3.8, 4) is 11.5 Å². The van der Waals surface area contributed by atoms with Crippen LogP contribution in [0.25, 0.3) is 0 Å². The predicted octanol–water partition coefficient (Wildman–Crippen LogP) is 4.04. The van der Waals surface area contributed by atoms with Crippen LogP contribution < -0.4 is 19.7 Å². The molecule has 0 bridgehead atoms. The zero-order valence-electron chi connectivity index (χ0n) is 17.5. The molecule has 1 heterocycles. The summed E-state index contributed by atoms with van der Waals surface area (Å²) in [5.74, 6) is 0.539. The summed E-state index contributed by atoms with van der Waals surface area (Å²) in [5.41, 5.74) is 2.80. The van der Waals surface area contributed by atoms with Gasteiger partial charge in [0.25, 0.3) is 0 Å². The number of anilines is 2. The zero-order valence-corrected chi connectivity index (χ0v) is 17.5. The third kappa shape index (κ3) is 3.99. The van der Waals surface area contributed by atoms with Gasteiger partial charge in [-0.25, -0.2) is 0 Å². The molecule has 158 valence electrons. The van der Waals surface area contributed by atoms with Gasteiger partial charge in [-0.3, -0.25) is 9.59 Å². The maximum Gasteiger partial charge on any atom is 0.230 e. The Balaban J connectivity index is 1.53. The summed E-state index contributed by atoms with van der Waals surface area (Å²) in [6.07, 6.45) is 4.27. The molecule has 1 fully saturated rings. The average Bonchev–Trinajstić information content (AvgIpc) is 3.22. The van der Waals surface area contributed by atoms with E-state index in [4.69, 9.17) is 9.47 Å². The van der Waals surface area contributed by atoms with E-state index in [-0.39, 0.29) is 23.7 Å². The monoisotopic (exact) mass is 408 g/mol. The largest absolute Gasteiger partial charge is 0.497 e. The number of hydrogen-bond acceptors (Lipinski definition) is 4. The normalized spacial score (nSPS) is 20.4. The molecule has 2 aromatic rings. The molecule has 2 aromatic carbocycles. The van der Waals surface area contributed by atoms with Gasteiger partial charge >= 0.3 is 0 Å². The lowest BCUT2D eigenvalue weighted by Gasteiger charge is -2.32. The second-order valence-corrected chi connectivity index (χ2v) is 7.96. The summed E-state index contributed by atoms with van der Waals surface area (Å²) in [6, 6.07) is 13.3. The molecule has 6 nitrogen and oxygen atoms in total. The first-order valence-corrected chi connectivity index (χ1v) is 10.5. The smallest absolute Gasteiger partial charge is 0.230 e. The molecule has 4 rings (SSSR count). The Kier molecular flexibility index (Phi) is 5.93. The molecule has 0 radical (unpaired) electrons. The fraction of sp³-hybridized carbons (Fsp3) is 0.417. The summed E-state index contributed by atoms with van der Waals surface area (Å²) in [4.78, 5) is 28.5. The van der Waals surface area contributed by atoms with E-state index in [0.29, 0.717) is 23.7 Å². The van der Waals surface area contributed by atoms with Crippen LogP contribution in [0.2, 0.25) is 0 Å². The van der Waals surface area contributed by atoms with Crippen molar-refractivity contribution in [2.45, 2.75) is 32.1 Å². The van der Waals surface area contributed by atoms with Crippen LogP contribution in [0, 0.1) is 11.8 Å². The van der Waals surface area contributed by atoms with Crippen molar-refractivity contribution in [2.24, 2.45) is 11.8 Å². The molecule has 2 amide bonds. The topological polar surface area (TPSA) is 67.9 Å². The molecule has 0 saturated heterocycles. The highest BCUT2D eigenvalue weighted by molar-refractivity contribution is 6.02. The molecule has 1 N–H and O–H groups in total. The Morgan fingerprint density at radius 2 is 1.63 bits per heavy atom. The van der Waals surface area contributed by atoms with E-state index < -0.39 is 0 Å². The van der Waals surface area contributed by atoms with Crippen molar-refractivity contribution in [2.75, 3.05) is 31.0 Å². The van der Waals surface area contributed by atoms with Gasteiger partial charge in [-0.05, 0) is 30.9 Å². The van der Waals surface area contributed by atoms with Crippen LogP contribution in [0.15, 0.2) is 42.5 Å². The Labute approximate surface area is 177 Å². The van der Waals surface area contributed by atoms with Crippen LogP contribution in [0.3, 0.4) is 0 Å². The Morgan fingerprint density at radius 1 is 0.967 bits per heavy atom. The molecular formula is C24H28N2O4. The van der Waals surface area contributed by atoms with Gasteiger partial charge in [0.15, 0.2) is 0 Å². The van der Waals surface area contributed by atoms with E-state index in [9.17, 15) is 9.59 Å². The minimum absolute atomic E-state index is 0.0722. The van der Waals surface area contributed by atoms with Crippen molar-refractivity contribution < 1.29 is 19.1 Å². The van der Waals surface area contributed by atoms with E-state index in [2.05, 4.69) is 11.4 Å². The fourth-order valence-electron chi connectivity index (χ4n) is 4.62. The Bertz CT molecular complexity index is 920. The Hall–Kier alpha value is -3.02. The molecule has 1 saturated carbocycles. The number of fused-ring (bicyclic) bond motifs is 1. The SMILES string of the molecule is COc1cc(NC(=O)C2CCCCC2C(=O)N2CCc3ccccc32)cc(OC)c1. The predicted molar refractivity (Wildman–Crippen MR) is 116 cm³/mol. The van der Waals surface area contributed by atoms with E-state index >= 15 is 0 Å². The number of hydrogen-bond donors (Lipinski definition) is 1. The third-order valence-electron chi connectivity index (χ3n) is 6.19. The van der Waals surface area contributed by atoms with Gasteiger partial charge in [0, 0.05) is 42.0 Å². The number of methoxy groups -OCH3 is 2. The van der Waals surface area contributed by atoms with Crippen LogP contribution in [0.1, 0.15) is 31.2 Å². The maximum atomic E-state index is 13.4. The minimum Gasteiger partial charge on any atom is -0.497 e. The van der Waals surface area contributed by atoms with E-state index in [1.165, 1.54) is 5.56 Å². The molecule has 6 heteroatoms. The summed E-state index contributed by atoms with van der Waals surface area (Å²) >= 11 is 0. The summed E-state index contributed by atoms with van der Waals surface area (Å²) in [5, 5.41) is 2.99. The van der Waals surface area contributed by atoms with E-state index in [1.54, 1.807) is 32.4 Å². The molecule has 0 spiro atoms. The number of para-hydroxylation sites is 1. The third-order valence-corrected chi connectivity index (χ3v) is 6.19. The molecule has 2 unspecified atom stereocenters. The van der Waals surface area contributed by atoms with E-state index in [0.717, 1.165) is 37.8 Å². The van der Waals surface area contributed by atoms with Gasteiger partial charge in [0.1, 0.15) is 11.5 Å². The minimum atomic E-state index is -0.337. The highest BCUT2D eigenvalue weighted by atomic mass is 16.5. The van der Waals surface area contributed by atoms with Crippen molar-refractivity contribution in [3.05, 3.63) is 48.0 Å². The van der Waals surface area contributed by atoms with Gasteiger partial charge in [-0.1, -0.05) is 31.0 Å². The molecular weight excluding hydrogens is 380 g/mol. The maximum absolute atomic E-state index is 13.4.